The summed E-state index contributed by atoms with van der Waals surface area (Å²) in [5, 5.41) is 10.7. The fourth-order valence-corrected chi connectivity index (χ4v) is 1.90. The first-order valence-corrected chi connectivity index (χ1v) is 6.72. The summed E-state index contributed by atoms with van der Waals surface area (Å²) >= 11 is 0. The van der Waals surface area contributed by atoms with Gasteiger partial charge >= 0.3 is 0 Å². The fraction of sp³-hybridized carbons (Fsp3) is 0.267. The zero-order chi connectivity index (χ0) is 15.2. The third-order valence-electron chi connectivity index (χ3n) is 3.00. The highest BCUT2D eigenvalue weighted by molar-refractivity contribution is 5.62. The van der Waals surface area contributed by atoms with Crippen LogP contribution in [0.4, 0.5) is 5.69 Å². The van der Waals surface area contributed by atoms with Crippen molar-refractivity contribution in [2.45, 2.75) is 19.9 Å². The maximum atomic E-state index is 10.7. The van der Waals surface area contributed by atoms with E-state index in [9.17, 15) is 10.1 Å². The molecule has 1 aromatic carbocycles. The zero-order valence-electron chi connectivity index (χ0n) is 11.8. The van der Waals surface area contributed by atoms with Gasteiger partial charge in [-0.05, 0) is 24.6 Å². The van der Waals surface area contributed by atoms with Crippen molar-refractivity contribution >= 4 is 5.69 Å². The molecule has 0 unspecified atom stereocenters. The number of hydrogen-bond acceptors (Lipinski definition) is 5. The van der Waals surface area contributed by atoms with Crippen LogP contribution in [0, 0.1) is 10.1 Å². The monoisotopic (exact) mass is 287 g/mol. The van der Waals surface area contributed by atoms with Crippen molar-refractivity contribution in [2.24, 2.45) is 5.73 Å². The molecule has 0 amide bonds. The molecular weight excluding hydrogens is 270 g/mol. The minimum atomic E-state index is -0.426. The predicted octanol–water partition coefficient (Wildman–Crippen LogP) is 2.90. The van der Waals surface area contributed by atoms with E-state index in [2.05, 4.69) is 4.98 Å². The standard InChI is InChI=1S/C15H17N3O3/c1-2-7-21-15-10-17-14(8-12(15)9-16)11-3-5-13(6-4-11)18(19)20/h3-6,8,10H,2,7,9,16H2,1H3. The number of nitrogens with zero attached hydrogens (tertiary/aromatic N) is 2. The smallest absolute Gasteiger partial charge is 0.269 e. The SMILES string of the molecule is CCCOc1cnc(-c2ccc([N+](=O)[O-])cc2)cc1CN. The number of nitro groups is 1. The Morgan fingerprint density at radius 1 is 1.33 bits per heavy atom. The molecule has 0 aliphatic heterocycles. The van der Waals surface area contributed by atoms with E-state index in [-0.39, 0.29) is 5.69 Å². The molecule has 1 aromatic heterocycles. The van der Waals surface area contributed by atoms with Crippen molar-refractivity contribution in [3.63, 3.8) is 0 Å². The number of nitro benzene ring substituents is 1. The Morgan fingerprint density at radius 3 is 2.62 bits per heavy atom. The van der Waals surface area contributed by atoms with Gasteiger partial charge < -0.3 is 10.5 Å². The van der Waals surface area contributed by atoms with Crippen molar-refractivity contribution in [1.29, 1.82) is 0 Å². The third kappa shape index (κ3) is 3.55. The number of nitrogens with two attached hydrogens (primary N) is 1. The highest BCUT2D eigenvalue weighted by Gasteiger charge is 2.09. The number of non-ortho nitro benzene ring substituents is 1. The third-order valence-corrected chi connectivity index (χ3v) is 3.00. The van der Waals surface area contributed by atoms with E-state index >= 15 is 0 Å². The number of ether oxygens (including phenoxy) is 1. The van der Waals surface area contributed by atoms with Crippen molar-refractivity contribution in [2.75, 3.05) is 6.61 Å². The van der Waals surface area contributed by atoms with Crippen LogP contribution in [0.5, 0.6) is 5.75 Å². The van der Waals surface area contributed by atoms with Gasteiger partial charge in [0.25, 0.3) is 5.69 Å². The average Bonchev–Trinajstić information content (AvgIpc) is 2.52. The number of pyridine rings is 1. The average molecular weight is 287 g/mol. The van der Waals surface area contributed by atoms with Crippen LogP contribution in [0.2, 0.25) is 0 Å². The fourth-order valence-electron chi connectivity index (χ4n) is 1.90. The van der Waals surface area contributed by atoms with Crippen molar-refractivity contribution in [3.05, 3.63) is 52.2 Å². The molecule has 2 rings (SSSR count). The van der Waals surface area contributed by atoms with Crippen LogP contribution >= 0.6 is 0 Å². The molecular formula is C15H17N3O3. The molecule has 1 heterocycles. The van der Waals surface area contributed by atoms with Gasteiger partial charge in [-0.3, -0.25) is 15.1 Å². The van der Waals surface area contributed by atoms with E-state index < -0.39 is 4.92 Å². The molecule has 21 heavy (non-hydrogen) atoms. The molecule has 110 valence electrons. The molecule has 6 heteroatoms. The molecule has 2 N–H and O–H groups in total. The quantitative estimate of drug-likeness (QED) is 0.651. The Hall–Kier alpha value is -2.47. The molecule has 0 aliphatic rings. The van der Waals surface area contributed by atoms with Gasteiger partial charge in [0.2, 0.25) is 0 Å². The lowest BCUT2D eigenvalue weighted by molar-refractivity contribution is -0.384. The van der Waals surface area contributed by atoms with Crippen molar-refractivity contribution in [3.8, 4) is 17.0 Å². The molecule has 0 spiro atoms. The molecule has 6 nitrogen and oxygen atoms in total. The first-order valence-electron chi connectivity index (χ1n) is 6.72. The van der Waals surface area contributed by atoms with Crippen LogP contribution in [0.3, 0.4) is 0 Å². The lowest BCUT2D eigenvalue weighted by atomic mass is 10.1. The summed E-state index contributed by atoms with van der Waals surface area (Å²) in [6.07, 6.45) is 2.56. The highest BCUT2D eigenvalue weighted by Crippen LogP contribution is 2.25. The Bertz CT molecular complexity index is 627. The molecule has 0 saturated carbocycles. The number of hydrogen-bond donors (Lipinski definition) is 1. The lowest BCUT2D eigenvalue weighted by Crippen LogP contribution is -2.04. The Balaban J connectivity index is 2.29. The van der Waals surface area contributed by atoms with Crippen LogP contribution < -0.4 is 10.5 Å². The minimum Gasteiger partial charge on any atom is -0.492 e. The summed E-state index contributed by atoms with van der Waals surface area (Å²) in [5.74, 6) is 0.685. The van der Waals surface area contributed by atoms with E-state index in [0.29, 0.717) is 24.6 Å². The molecule has 0 saturated heterocycles. The molecule has 0 atom stereocenters. The van der Waals surface area contributed by atoms with E-state index in [0.717, 1.165) is 17.5 Å². The highest BCUT2D eigenvalue weighted by atomic mass is 16.6. The molecule has 0 fully saturated rings. The maximum Gasteiger partial charge on any atom is 0.269 e. The summed E-state index contributed by atoms with van der Waals surface area (Å²) in [4.78, 5) is 14.6. The van der Waals surface area contributed by atoms with Gasteiger partial charge in [-0.25, -0.2) is 0 Å². The van der Waals surface area contributed by atoms with Gasteiger partial charge in [0.1, 0.15) is 5.75 Å². The van der Waals surface area contributed by atoms with Gasteiger partial charge in [-0.15, -0.1) is 0 Å². The van der Waals surface area contributed by atoms with Crippen LogP contribution in [0.1, 0.15) is 18.9 Å². The summed E-state index contributed by atoms with van der Waals surface area (Å²) in [6, 6.07) is 8.12. The van der Waals surface area contributed by atoms with Crippen LogP contribution in [0.25, 0.3) is 11.3 Å². The molecule has 2 aromatic rings. The van der Waals surface area contributed by atoms with Gasteiger partial charge in [-0.2, -0.15) is 0 Å². The second kappa shape index (κ2) is 6.81. The summed E-state index contributed by atoms with van der Waals surface area (Å²) in [7, 11) is 0. The first-order chi connectivity index (χ1) is 10.2. The Kier molecular flexibility index (Phi) is 4.84. The predicted molar refractivity (Wildman–Crippen MR) is 80.0 cm³/mol. The van der Waals surface area contributed by atoms with Crippen LogP contribution in [0.15, 0.2) is 36.5 Å². The largest absolute Gasteiger partial charge is 0.492 e. The van der Waals surface area contributed by atoms with E-state index in [1.54, 1.807) is 18.3 Å². The number of aromatic nitrogens is 1. The Labute approximate surface area is 122 Å². The molecule has 0 bridgehead atoms. The van der Waals surface area contributed by atoms with Crippen LogP contribution in [-0.4, -0.2) is 16.5 Å². The first kappa shape index (κ1) is 14.9. The van der Waals surface area contributed by atoms with Gasteiger partial charge in [0.05, 0.1) is 23.4 Å². The lowest BCUT2D eigenvalue weighted by Gasteiger charge is -2.10. The minimum absolute atomic E-state index is 0.0562. The van der Waals surface area contributed by atoms with Gasteiger partial charge in [-0.1, -0.05) is 6.92 Å². The summed E-state index contributed by atoms with van der Waals surface area (Å²) in [6.45, 7) is 2.99. The van der Waals surface area contributed by atoms with Gasteiger partial charge in [0.15, 0.2) is 0 Å². The van der Waals surface area contributed by atoms with E-state index in [1.165, 1.54) is 12.1 Å². The van der Waals surface area contributed by atoms with E-state index in [4.69, 9.17) is 10.5 Å². The normalized spacial score (nSPS) is 10.4. The second-order valence-electron chi connectivity index (χ2n) is 4.53. The topological polar surface area (TPSA) is 91.3 Å². The summed E-state index contributed by atoms with van der Waals surface area (Å²) in [5.41, 5.74) is 8.18. The Morgan fingerprint density at radius 2 is 2.05 bits per heavy atom. The summed E-state index contributed by atoms with van der Waals surface area (Å²) < 4.78 is 5.59. The maximum absolute atomic E-state index is 10.7. The second-order valence-corrected chi connectivity index (χ2v) is 4.53. The number of rotatable bonds is 6. The molecule has 0 radical (unpaired) electrons. The van der Waals surface area contributed by atoms with E-state index in [1.807, 2.05) is 13.0 Å². The number of benzene rings is 1. The zero-order valence-corrected chi connectivity index (χ0v) is 11.8. The van der Waals surface area contributed by atoms with Crippen molar-refractivity contribution < 1.29 is 9.66 Å². The van der Waals surface area contributed by atoms with Gasteiger partial charge in [0, 0.05) is 29.8 Å². The van der Waals surface area contributed by atoms with Crippen molar-refractivity contribution in [1.82, 2.24) is 4.98 Å². The molecule has 0 aliphatic carbocycles. The van der Waals surface area contributed by atoms with Crippen LogP contribution in [-0.2, 0) is 6.54 Å².